The number of Topliss-reactive ketones (excluding diaryl/α,β-unsaturated/α-hetero) is 1. The van der Waals surface area contributed by atoms with Gasteiger partial charge < -0.3 is 24.0 Å². The van der Waals surface area contributed by atoms with E-state index in [1.54, 1.807) is 25.1 Å². The smallest absolute Gasteiger partial charge is 0.283 e. The summed E-state index contributed by atoms with van der Waals surface area (Å²) in [6.07, 6.45) is 1.65. The number of nitrogens with zero attached hydrogens (tertiary/aromatic N) is 4. The van der Waals surface area contributed by atoms with Crippen LogP contribution in [0, 0.1) is 0 Å². The lowest BCUT2D eigenvalue weighted by atomic mass is 10.1. The van der Waals surface area contributed by atoms with Crippen LogP contribution in [0.25, 0.3) is 6.08 Å². The lowest BCUT2D eigenvalue weighted by molar-refractivity contribution is -0.128. The van der Waals surface area contributed by atoms with Crippen LogP contribution in [0.4, 0.5) is 11.4 Å². The highest BCUT2D eigenvalue weighted by Crippen LogP contribution is 2.41. The van der Waals surface area contributed by atoms with E-state index in [-0.39, 0.29) is 29.0 Å². The van der Waals surface area contributed by atoms with Crippen molar-refractivity contribution in [3.05, 3.63) is 83.6 Å². The zero-order chi connectivity index (χ0) is 31.2. The molecule has 3 aromatic rings. The molecule has 2 amide bonds. The van der Waals surface area contributed by atoms with Crippen LogP contribution in [0.1, 0.15) is 22.8 Å². The molecular weight excluding hydrogens is 580 g/mol. The molecule has 0 unspecified atom stereocenters. The normalized spacial score (nSPS) is 15.8. The summed E-state index contributed by atoms with van der Waals surface area (Å²) in [6, 6.07) is 20.3. The van der Waals surface area contributed by atoms with Crippen molar-refractivity contribution < 1.29 is 28.6 Å². The predicted octanol–water partition coefficient (Wildman–Crippen LogP) is 4.74. The maximum absolute atomic E-state index is 13.7. The predicted molar refractivity (Wildman–Crippen MR) is 173 cm³/mol. The summed E-state index contributed by atoms with van der Waals surface area (Å²) < 4.78 is 16.5. The number of benzene rings is 3. The fraction of sp³-hybridized carbons (Fsp3) is 0.273. The molecule has 228 valence electrons. The molecule has 0 radical (unpaired) electrons. The second-order valence-electron chi connectivity index (χ2n) is 10.1. The minimum Gasteiger partial charge on any atom is -0.493 e. The Bertz CT molecular complexity index is 1600. The van der Waals surface area contributed by atoms with Crippen molar-refractivity contribution in [2.75, 3.05) is 63.1 Å². The van der Waals surface area contributed by atoms with Gasteiger partial charge in [-0.3, -0.25) is 19.3 Å². The summed E-state index contributed by atoms with van der Waals surface area (Å²) in [7, 11) is 4.58. The van der Waals surface area contributed by atoms with E-state index in [1.165, 1.54) is 38.0 Å². The summed E-state index contributed by atoms with van der Waals surface area (Å²) in [5.41, 5.74) is 3.17. The van der Waals surface area contributed by atoms with Gasteiger partial charge in [0.05, 0.1) is 32.8 Å². The zero-order valence-electron chi connectivity index (χ0n) is 25.1. The Morgan fingerprint density at radius 3 is 2.14 bits per heavy atom. The van der Waals surface area contributed by atoms with Crippen LogP contribution in [-0.4, -0.2) is 80.9 Å². The van der Waals surface area contributed by atoms with Gasteiger partial charge in [0.25, 0.3) is 5.91 Å². The first-order chi connectivity index (χ1) is 21.3. The van der Waals surface area contributed by atoms with Gasteiger partial charge in [-0.25, -0.2) is 4.99 Å². The van der Waals surface area contributed by atoms with Crippen molar-refractivity contribution in [3.8, 4) is 17.2 Å². The topological polar surface area (TPSA) is 101 Å². The average Bonchev–Trinajstić information content (AvgIpc) is 3.37. The van der Waals surface area contributed by atoms with E-state index in [1.807, 2.05) is 59.5 Å². The van der Waals surface area contributed by atoms with Gasteiger partial charge in [-0.05, 0) is 61.5 Å². The summed E-state index contributed by atoms with van der Waals surface area (Å²) in [5, 5.41) is 0.421. The second-order valence-corrected chi connectivity index (χ2v) is 11.0. The highest BCUT2D eigenvalue weighted by atomic mass is 32.2. The Morgan fingerprint density at radius 2 is 1.52 bits per heavy atom. The van der Waals surface area contributed by atoms with Crippen molar-refractivity contribution >= 4 is 52.0 Å². The molecule has 1 saturated heterocycles. The summed E-state index contributed by atoms with van der Waals surface area (Å²) in [6.45, 7) is 4.07. The molecule has 2 heterocycles. The molecule has 2 aliphatic rings. The Labute approximate surface area is 260 Å². The number of carbonyl (C=O) groups is 3. The first kappa shape index (κ1) is 30.7. The second kappa shape index (κ2) is 13.7. The van der Waals surface area contributed by atoms with E-state index >= 15 is 0 Å². The minimum atomic E-state index is -0.313. The highest BCUT2D eigenvalue weighted by Gasteiger charge is 2.33. The lowest BCUT2D eigenvalue weighted by Gasteiger charge is -2.36. The van der Waals surface area contributed by atoms with E-state index in [4.69, 9.17) is 14.2 Å². The molecule has 0 spiro atoms. The first-order valence-electron chi connectivity index (χ1n) is 14.1. The van der Waals surface area contributed by atoms with Gasteiger partial charge in [-0.1, -0.05) is 30.0 Å². The van der Waals surface area contributed by atoms with Gasteiger partial charge in [0, 0.05) is 43.0 Å². The molecule has 0 N–H and O–H groups in total. The van der Waals surface area contributed by atoms with Crippen molar-refractivity contribution in [2.45, 2.75) is 6.92 Å². The molecule has 0 atom stereocenters. The molecule has 0 aliphatic carbocycles. The average molecular weight is 615 g/mol. The Hall–Kier alpha value is -4.77. The van der Waals surface area contributed by atoms with Gasteiger partial charge >= 0.3 is 0 Å². The number of methoxy groups -OCH3 is 3. The molecule has 2 aliphatic heterocycles. The quantitative estimate of drug-likeness (QED) is 0.252. The van der Waals surface area contributed by atoms with E-state index in [0.717, 1.165) is 5.69 Å². The summed E-state index contributed by atoms with van der Waals surface area (Å²) in [5.74, 6) is 1.16. The molecule has 0 aromatic heterocycles. The number of piperazine rings is 1. The van der Waals surface area contributed by atoms with Crippen molar-refractivity contribution in [2.24, 2.45) is 4.99 Å². The number of amides is 2. The highest BCUT2D eigenvalue weighted by molar-refractivity contribution is 8.14. The van der Waals surface area contributed by atoms with Crippen LogP contribution in [0.3, 0.4) is 0 Å². The third kappa shape index (κ3) is 6.42. The van der Waals surface area contributed by atoms with Crippen LogP contribution in [0.5, 0.6) is 17.2 Å². The number of amidine groups is 1. The van der Waals surface area contributed by atoms with Crippen LogP contribution in [-0.2, 0) is 9.59 Å². The standard InChI is InChI=1S/C33H34N4O6S/c1-22(38)23-10-13-25(14-11-23)35-16-18-36(19-17-35)29(39)21-44-33-34-27(32(40)37(33)26-8-6-5-7-9-26)20-24-12-15-28(41-2)31(43-4)30(24)42-3/h5-15,20H,16-19,21H2,1-4H3. The Morgan fingerprint density at radius 1 is 0.841 bits per heavy atom. The molecule has 44 heavy (non-hydrogen) atoms. The van der Waals surface area contributed by atoms with Crippen LogP contribution < -0.4 is 24.0 Å². The lowest BCUT2D eigenvalue weighted by Crippen LogP contribution is -2.49. The maximum atomic E-state index is 13.7. The minimum absolute atomic E-state index is 0.0243. The third-order valence-corrected chi connectivity index (χ3v) is 8.39. The first-order valence-corrected chi connectivity index (χ1v) is 15.1. The van der Waals surface area contributed by atoms with Gasteiger partial charge in [0.15, 0.2) is 22.4 Å². The monoisotopic (exact) mass is 614 g/mol. The molecule has 1 fully saturated rings. The summed E-state index contributed by atoms with van der Waals surface area (Å²) >= 11 is 1.23. The molecule has 0 bridgehead atoms. The van der Waals surface area contributed by atoms with Crippen molar-refractivity contribution in [3.63, 3.8) is 0 Å². The van der Waals surface area contributed by atoms with Crippen molar-refractivity contribution in [1.82, 2.24) is 4.90 Å². The van der Waals surface area contributed by atoms with Crippen LogP contribution >= 0.6 is 11.8 Å². The SMILES string of the molecule is COc1ccc(C=C2N=C(SCC(=O)N3CCN(c4ccc(C(C)=O)cc4)CC3)N(c3ccccc3)C2=O)c(OC)c1OC. The van der Waals surface area contributed by atoms with E-state index < -0.39 is 0 Å². The Kier molecular flexibility index (Phi) is 9.54. The molecule has 5 rings (SSSR count). The number of aliphatic imine (C=N–C) groups is 1. The van der Waals surface area contributed by atoms with E-state index in [0.29, 0.717) is 65.4 Å². The number of thioether (sulfide) groups is 1. The van der Waals surface area contributed by atoms with Gasteiger partial charge in [0.2, 0.25) is 11.7 Å². The maximum Gasteiger partial charge on any atom is 0.283 e. The number of para-hydroxylation sites is 1. The number of ketones is 1. The number of anilines is 2. The fourth-order valence-electron chi connectivity index (χ4n) is 5.12. The zero-order valence-corrected chi connectivity index (χ0v) is 25.9. The molecule has 10 nitrogen and oxygen atoms in total. The molecular formula is C33H34N4O6S. The number of rotatable bonds is 9. The Balaban J connectivity index is 1.31. The van der Waals surface area contributed by atoms with Gasteiger partial charge in [0.1, 0.15) is 5.70 Å². The molecule has 0 saturated carbocycles. The largest absolute Gasteiger partial charge is 0.493 e. The van der Waals surface area contributed by atoms with Crippen molar-refractivity contribution in [1.29, 1.82) is 0 Å². The number of ether oxygens (including phenoxy) is 3. The number of hydrogen-bond donors (Lipinski definition) is 0. The van der Waals surface area contributed by atoms with Crippen LogP contribution in [0.2, 0.25) is 0 Å². The van der Waals surface area contributed by atoms with Gasteiger partial charge in [-0.2, -0.15) is 0 Å². The molecule has 3 aromatic carbocycles. The van der Waals surface area contributed by atoms with Crippen LogP contribution in [0.15, 0.2) is 77.4 Å². The third-order valence-electron chi connectivity index (χ3n) is 7.47. The van der Waals surface area contributed by atoms with Gasteiger partial charge in [-0.15, -0.1) is 0 Å². The fourth-order valence-corrected chi connectivity index (χ4v) is 6.04. The van der Waals surface area contributed by atoms with E-state index in [9.17, 15) is 14.4 Å². The number of carbonyl (C=O) groups excluding carboxylic acids is 3. The van der Waals surface area contributed by atoms with E-state index in [2.05, 4.69) is 9.89 Å². The molecule has 11 heteroatoms. The summed E-state index contributed by atoms with van der Waals surface area (Å²) in [4.78, 5) is 48.8. The number of hydrogen-bond acceptors (Lipinski definition) is 9.